The van der Waals surface area contributed by atoms with E-state index in [0.29, 0.717) is 11.1 Å². The van der Waals surface area contributed by atoms with E-state index in [1.807, 2.05) is 6.07 Å². The molecule has 0 bridgehead atoms. The lowest BCUT2D eigenvalue weighted by Crippen LogP contribution is -1.89. The van der Waals surface area contributed by atoms with Gasteiger partial charge in [0.2, 0.25) is 0 Å². The number of benzene rings is 1. The molecule has 0 amide bonds. The number of aromatic nitrogens is 1. The highest BCUT2D eigenvalue weighted by molar-refractivity contribution is 6.53. The van der Waals surface area contributed by atoms with Gasteiger partial charge in [0, 0.05) is 18.0 Å². The summed E-state index contributed by atoms with van der Waals surface area (Å²) >= 11 is 6.21. The molecule has 0 aliphatic carbocycles. The number of nitriles is 1. The second-order valence-electron chi connectivity index (χ2n) is 4.06. The molecule has 0 atom stereocenters. The molecule has 1 aromatic heterocycles. The first-order valence-corrected chi connectivity index (χ1v) is 5.97. The van der Waals surface area contributed by atoms with Crippen molar-refractivity contribution in [2.75, 3.05) is 0 Å². The maximum atomic E-state index is 13.4. The Labute approximate surface area is 115 Å². The second kappa shape index (κ2) is 5.64. The zero-order valence-corrected chi connectivity index (χ0v) is 10.9. The molecular formula is C15H10ClFN2. The van der Waals surface area contributed by atoms with Gasteiger partial charge in [0.25, 0.3) is 0 Å². The van der Waals surface area contributed by atoms with Crippen molar-refractivity contribution in [3.05, 3.63) is 65.2 Å². The van der Waals surface area contributed by atoms with E-state index >= 15 is 0 Å². The molecule has 0 saturated carbocycles. The molecule has 19 heavy (non-hydrogen) atoms. The molecule has 2 rings (SSSR count). The second-order valence-corrected chi connectivity index (χ2v) is 4.44. The van der Waals surface area contributed by atoms with Gasteiger partial charge in [0.1, 0.15) is 11.9 Å². The summed E-state index contributed by atoms with van der Waals surface area (Å²) in [6.45, 7) is 1.77. The van der Waals surface area contributed by atoms with Gasteiger partial charge < -0.3 is 0 Å². The van der Waals surface area contributed by atoms with Crippen LogP contribution in [0.4, 0.5) is 4.39 Å². The molecule has 2 aromatic rings. The van der Waals surface area contributed by atoms with Crippen LogP contribution in [0.2, 0.25) is 0 Å². The monoisotopic (exact) mass is 272 g/mol. The first-order chi connectivity index (χ1) is 9.11. The molecule has 4 heteroatoms. The molecule has 0 aliphatic rings. The zero-order chi connectivity index (χ0) is 13.8. The summed E-state index contributed by atoms with van der Waals surface area (Å²) in [5, 5.41) is 9.46. The third-order valence-corrected chi connectivity index (χ3v) is 2.98. The molecule has 1 aromatic carbocycles. The van der Waals surface area contributed by atoms with Crippen molar-refractivity contribution in [2.45, 2.75) is 6.92 Å². The van der Waals surface area contributed by atoms with Gasteiger partial charge >= 0.3 is 0 Å². The largest absolute Gasteiger partial charge is 0.264 e. The number of hydrogen-bond donors (Lipinski definition) is 0. The van der Waals surface area contributed by atoms with Crippen molar-refractivity contribution >= 4 is 22.2 Å². The van der Waals surface area contributed by atoms with Gasteiger partial charge in [0.05, 0.1) is 10.6 Å². The van der Waals surface area contributed by atoms with E-state index in [1.54, 1.807) is 37.5 Å². The van der Waals surface area contributed by atoms with Crippen LogP contribution in [0.25, 0.3) is 10.6 Å². The number of allylic oxidation sites excluding steroid dienone is 1. The van der Waals surface area contributed by atoms with Crippen LogP contribution in [0.1, 0.15) is 16.7 Å². The fourth-order valence-electron chi connectivity index (χ4n) is 1.76. The van der Waals surface area contributed by atoms with Crippen LogP contribution in [0.5, 0.6) is 0 Å². The maximum absolute atomic E-state index is 13.4. The summed E-state index contributed by atoms with van der Waals surface area (Å²) in [6, 6.07) is 9.94. The van der Waals surface area contributed by atoms with Gasteiger partial charge in [-0.15, -0.1) is 0 Å². The highest BCUT2D eigenvalue weighted by Crippen LogP contribution is 2.29. The maximum Gasteiger partial charge on any atom is 0.124 e. The summed E-state index contributed by atoms with van der Waals surface area (Å²) in [4.78, 5) is 3.95. The van der Waals surface area contributed by atoms with E-state index in [0.717, 1.165) is 5.56 Å². The molecule has 0 radical (unpaired) electrons. The van der Waals surface area contributed by atoms with Gasteiger partial charge in [-0.1, -0.05) is 23.7 Å². The Morgan fingerprint density at radius 1 is 1.32 bits per heavy atom. The minimum atomic E-state index is -0.378. The molecule has 94 valence electrons. The Morgan fingerprint density at radius 2 is 2.11 bits per heavy atom. The van der Waals surface area contributed by atoms with Gasteiger partial charge in [-0.05, 0) is 36.2 Å². The molecule has 0 N–H and O–H groups in total. The van der Waals surface area contributed by atoms with Gasteiger partial charge in [-0.25, -0.2) is 4.39 Å². The summed E-state index contributed by atoms with van der Waals surface area (Å²) < 4.78 is 13.4. The molecule has 0 unspecified atom stereocenters. The smallest absolute Gasteiger partial charge is 0.124 e. The lowest BCUT2D eigenvalue weighted by atomic mass is 10.0. The number of pyridine rings is 1. The number of nitrogens with zero attached hydrogens (tertiary/aromatic N) is 2. The van der Waals surface area contributed by atoms with Crippen molar-refractivity contribution in [1.82, 2.24) is 4.98 Å². The Balaban J connectivity index is 2.59. The summed E-state index contributed by atoms with van der Waals surface area (Å²) in [7, 11) is 0. The quantitative estimate of drug-likeness (QED) is 0.770. The van der Waals surface area contributed by atoms with Gasteiger partial charge in [0.15, 0.2) is 0 Å². The van der Waals surface area contributed by atoms with Crippen LogP contribution in [-0.2, 0) is 0 Å². The molecule has 0 spiro atoms. The molecule has 0 fully saturated rings. The first-order valence-electron chi connectivity index (χ1n) is 5.59. The predicted molar refractivity (Wildman–Crippen MR) is 73.7 cm³/mol. The molecule has 1 heterocycles. The Morgan fingerprint density at radius 3 is 2.68 bits per heavy atom. The first kappa shape index (κ1) is 13.3. The minimum absolute atomic E-state index is 0.220. The standard InChI is InChI=1S/C15H10ClFN2/c1-10-5-12(7-13(17)6-10)15(16)14(8-18)11-3-2-4-19-9-11/h2-7,9H,1H3/b15-14+. The van der Waals surface area contributed by atoms with E-state index in [-0.39, 0.29) is 16.4 Å². The fraction of sp³-hybridized carbons (Fsp3) is 0.0667. The van der Waals surface area contributed by atoms with E-state index < -0.39 is 0 Å². The van der Waals surface area contributed by atoms with Crippen LogP contribution in [0, 0.1) is 24.1 Å². The highest BCUT2D eigenvalue weighted by atomic mass is 35.5. The van der Waals surface area contributed by atoms with Crippen molar-refractivity contribution in [2.24, 2.45) is 0 Å². The number of hydrogen-bond acceptors (Lipinski definition) is 2. The van der Waals surface area contributed by atoms with E-state index in [1.165, 1.54) is 12.1 Å². The van der Waals surface area contributed by atoms with Gasteiger partial charge in [-0.3, -0.25) is 4.98 Å². The van der Waals surface area contributed by atoms with Crippen LogP contribution in [-0.4, -0.2) is 4.98 Å². The Hall–Kier alpha value is -2.18. The van der Waals surface area contributed by atoms with Crippen molar-refractivity contribution in [3.8, 4) is 6.07 Å². The van der Waals surface area contributed by atoms with Crippen LogP contribution in [0.3, 0.4) is 0 Å². The van der Waals surface area contributed by atoms with Gasteiger partial charge in [-0.2, -0.15) is 5.26 Å². The third kappa shape index (κ3) is 2.98. The topological polar surface area (TPSA) is 36.7 Å². The summed E-state index contributed by atoms with van der Waals surface area (Å²) in [5.41, 5.74) is 2.12. The van der Waals surface area contributed by atoms with E-state index in [2.05, 4.69) is 4.98 Å². The Kier molecular flexibility index (Phi) is 3.94. The lowest BCUT2D eigenvalue weighted by molar-refractivity contribution is 0.626. The lowest BCUT2D eigenvalue weighted by Gasteiger charge is -2.05. The van der Waals surface area contributed by atoms with E-state index in [9.17, 15) is 9.65 Å². The third-order valence-electron chi connectivity index (χ3n) is 2.58. The molecule has 2 nitrogen and oxygen atoms in total. The molecule has 0 aliphatic heterocycles. The highest BCUT2D eigenvalue weighted by Gasteiger charge is 2.11. The van der Waals surface area contributed by atoms with Crippen LogP contribution in [0.15, 0.2) is 42.7 Å². The minimum Gasteiger partial charge on any atom is -0.264 e. The van der Waals surface area contributed by atoms with Crippen molar-refractivity contribution < 1.29 is 4.39 Å². The van der Waals surface area contributed by atoms with Crippen LogP contribution >= 0.6 is 11.6 Å². The van der Waals surface area contributed by atoms with Crippen molar-refractivity contribution in [3.63, 3.8) is 0 Å². The number of rotatable bonds is 2. The molecule has 0 saturated heterocycles. The van der Waals surface area contributed by atoms with Crippen LogP contribution < -0.4 is 0 Å². The fourth-order valence-corrected chi connectivity index (χ4v) is 2.02. The predicted octanol–water partition coefficient (Wildman–Crippen LogP) is 4.16. The SMILES string of the molecule is Cc1cc(F)cc(/C(Cl)=C(/C#N)c2cccnc2)c1. The normalized spacial score (nSPS) is 11.7. The number of aryl methyl sites for hydroxylation is 1. The Bertz CT molecular complexity index is 652. The van der Waals surface area contributed by atoms with Crippen molar-refractivity contribution in [1.29, 1.82) is 5.26 Å². The van der Waals surface area contributed by atoms with E-state index in [4.69, 9.17) is 11.6 Å². The average Bonchev–Trinajstić information content (AvgIpc) is 2.39. The molecular weight excluding hydrogens is 263 g/mol. The summed E-state index contributed by atoms with van der Waals surface area (Å²) in [5.74, 6) is -0.378. The number of halogens is 2. The summed E-state index contributed by atoms with van der Waals surface area (Å²) in [6.07, 6.45) is 3.16. The average molecular weight is 273 g/mol. The zero-order valence-electron chi connectivity index (χ0n) is 10.2.